The Balaban J connectivity index is 2.54. The van der Waals surface area contributed by atoms with E-state index in [0.717, 1.165) is 12.3 Å². The highest BCUT2D eigenvalue weighted by Crippen LogP contribution is 2.14. The quantitative estimate of drug-likeness (QED) is 0.729. The number of aliphatic hydroxyl groups excluding tert-OH is 1. The van der Waals surface area contributed by atoms with Gasteiger partial charge in [-0.25, -0.2) is 13.8 Å². The molecule has 0 spiro atoms. The molecule has 1 aromatic rings. The third-order valence-electron chi connectivity index (χ3n) is 1.51. The Labute approximate surface area is 78.6 Å². The molecule has 1 heterocycles. The maximum atomic E-state index is 12.5. The molecule has 0 amide bonds. The second kappa shape index (κ2) is 4.28. The monoisotopic (exact) mass is 206 g/mol. The molecule has 0 aromatic carbocycles. The topological polar surface area (TPSA) is 45.1 Å². The van der Waals surface area contributed by atoms with E-state index in [1.807, 2.05) is 0 Å². The molecule has 0 fully saturated rings. The van der Waals surface area contributed by atoms with Crippen molar-refractivity contribution in [3.63, 3.8) is 0 Å². The second-order valence-electron chi connectivity index (χ2n) is 2.73. The lowest BCUT2D eigenvalue weighted by molar-refractivity contribution is -0.0372. The third-order valence-corrected chi connectivity index (χ3v) is 1.51. The van der Waals surface area contributed by atoms with Crippen molar-refractivity contribution in [2.45, 2.75) is 5.92 Å². The van der Waals surface area contributed by atoms with Gasteiger partial charge >= 0.3 is 0 Å². The van der Waals surface area contributed by atoms with Gasteiger partial charge in [0, 0.05) is 18.0 Å². The molecule has 78 valence electrons. The first-order valence-corrected chi connectivity index (χ1v) is 3.87. The zero-order chi connectivity index (χ0) is 10.6. The van der Waals surface area contributed by atoms with Crippen LogP contribution < -0.4 is 5.32 Å². The van der Waals surface area contributed by atoms with E-state index in [0.29, 0.717) is 0 Å². The first-order chi connectivity index (χ1) is 6.53. The van der Waals surface area contributed by atoms with Gasteiger partial charge in [0.05, 0.1) is 6.54 Å². The van der Waals surface area contributed by atoms with Crippen molar-refractivity contribution in [3.8, 4) is 0 Å². The molecule has 1 aromatic heterocycles. The summed E-state index contributed by atoms with van der Waals surface area (Å²) in [6.07, 6.45) is 1.16. The Hall–Kier alpha value is -1.30. The summed E-state index contributed by atoms with van der Waals surface area (Å²) in [5.41, 5.74) is 0.200. The number of rotatable bonds is 4. The molecule has 0 saturated heterocycles. The van der Waals surface area contributed by atoms with Gasteiger partial charge in [0.2, 0.25) is 5.95 Å². The van der Waals surface area contributed by atoms with E-state index in [9.17, 15) is 13.2 Å². The summed E-state index contributed by atoms with van der Waals surface area (Å²) >= 11 is 0. The molecule has 0 radical (unpaired) electrons. The van der Waals surface area contributed by atoms with Crippen LogP contribution in [0, 0.1) is 5.95 Å². The number of hydrogen-bond acceptors (Lipinski definition) is 3. The van der Waals surface area contributed by atoms with Gasteiger partial charge in [0.1, 0.15) is 6.61 Å². The molecule has 0 unspecified atom stereocenters. The van der Waals surface area contributed by atoms with Crippen molar-refractivity contribution in [3.05, 3.63) is 24.3 Å². The van der Waals surface area contributed by atoms with Crippen molar-refractivity contribution in [1.82, 2.24) is 4.98 Å². The molecule has 0 aliphatic carbocycles. The van der Waals surface area contributed by atoms with Crippen LogP contribution in [0.1, 0.15) is 0 Å². The summed E-state index contributed by atoms with van der Waals surface area (Å²) in [6, 6.07) is 2.35. The SMILES string of the molecule is OCC(F)(F)CNc1ccnc(F)c1. The van der Waals surface area contributed by atoms with Crippen LogP contribution in [0.15, 0.2) is 18.3 Å². The Morgan fingerprint density at radius 2 is 2.21 bits per heavy atom. The average molecular weight is 206 g/mol. The van der Waals surface area contributed by atoms with E-state index in [-0.39, 0.29) is 5.69 Å². The van der Waals surface area contributed by atoms with Crippen LogP contribution in [0.25, 0.3) is 0 Å². The van der Waals surface area contributed by atoms with E-state index in [1.54, 1.807) is 0 Å². The number of anilines is 1. The smallest absolute Gasteiger partial charge is 0.287 e. The summed E-state index contributed by atoms with van der Waals surface area (Å²) in [7, 11) is 0. The van der Waals surface area contributed by atoms with Crippen LogP contribution in [0.5, 0.6) is 0 Å². The van der Waals surface area contributed by atoms with Crippen LogP contribution in [0.2, 0.25) is 0 Å². The fourth-order valence-corrected chi connectivity index (χ4v) is 0.800. The molecule has 3 nitrogen and oxygen atoms in total. The number of nitrogens with zero attached hydrogens (tertiary/aromatic N) is 1. The Morgan fingerprint density at radius 1 is 1.50 bits per heavy atom. The van der Waals surface area contributed by atoms with Gasteiger partial charge in [0.15, 0.2) is 0 Å². The standard InChI is InChI=1S/C8H9F3N2O/c9-7-3-6(1-2-12-7)13-4-8(10,11)5-14/h1-3,14H,4-5H2,(H,12,13). The summed E-state index contributed by atoms with van der Waals surface area (Å²) in [5, 5.41) is 10.5. The lowest BCUT2D eigenvalue weighted by atomic mass is 10.3. The molecule has 0 bridgehead atoms. The van der Waals surface area contributed by atoms with E-state index < -0.39 is 25.0 Å². The maximum Gasteiger partial charge on any atom is 0.287 e. The molecule has 0 saturated carbocycles. The molecular formula is C8H9F3N2O. The third kappa shape index (κ3) is 3.21. The van der Waals surface area contributed by atoms with Crippen molar-refractivity contribution in [1.29, 1.82) is 0 Å². The van der Waals surface area contributed by atoms with E-state index in [2.05, 4.69) is 10.3 Å². The number of aliphatic hydroxyl groups is 1. The molecular weight excluding hydrogens is 197 g/mol. The highest BCUT2D eigenvalue weighted by molar-refractivity contribution is 5.41. The van der Waals surface area contributed by atoms with Gasteiger partial charge in [-0.1, -0.05) is 0 Å². The molecule has 0 aliphatic rings. The zero-order valence-electron chi connectivity index (χ0n) is 7.17. The number of pyridine rings is 1. The van der Waals surface area contributed by atoms with Gasteiger partial charge in [-0.05, 0) is 6.07 Å². The van der Waals surface area contributed by atoms with Gasteiger partial charge in [0.25, 0.3) is 5.92 Å². The second-order valence-corrected chi connectivity index (χ2v) is 2.73. The minimum atomic E-state index is -3.21. The normalized spacial score (nSPS) is 11.4. The van der Waals surface area contributed by atoms with Gasteiger partial charge in [-0.2, -0.15) is 4.39 Å². The number of nitrogens with one attached hydrogen (secondary N) is 1. The van der Waals surface area contributed by atoms with Crippen molar-refractivity contribution in [2.24, 2.45) is 0 Å². The first kappa shape index (κ1) is 10.8. The first-order valence-electron chi connectivity index (χ1n) is 3.87. The largest absolute Gasteiger partial charge is 0.390 e. The van der Waals surface area contributed by atoms with Crippen molar-refractivity contribution in [2.75, 3.05) is 18.5 Å². The molecule has 0 atom stereocenters. The summed E-state index contributed by atoms with van der Waals surface area (Å²) in [6.45, 7) is -1.99. The summed E-state index contributed by atoms with van der Waals surface area (Å²) in [5.74, 6) is -3.96. The van der Waals surface area contributed by atoms with Gasteiger partial charge < -0.3 is 10.4 Å². The minimum Gasteiger partial charge on any atom is -0.390 e. The Kier molecular flexibility index (Phi) is 3.29. The van der Waals surface area contributed by atoms with E-state index in [4.69, 9.17) is 5.11 Å². The Morgan fingerprint density at radius 3 is 2.79 bits per heavy atom. The van der Waals surface area contributed by atoms with Crippen LogP contribution >= 0.6 is 0 Å². The number of halogens is 3. The lowest BCUT2D eigenvalue weighted by Crippen LogP contribution is -2.31. The van der Waals surface area contributed by atoms with Crippen molar-refractivity contribution < 1.29 is 18.3 Å². The summed E-state index contributed by atoms with van der Waals surface area (Å²) in [4.78, 5) is 3.26. The molecule has 1 rings (SSSR count). The molecule has 0 aliphatic heterocycles. The van der Waals surface area contributed by atoms with Gasteiger partial charge in [-0.3, -0.25) is 0 Å². The zero-order valence-corrected chi connectivity index (χ0v) is 7.17. The van der Waals surface area contributed by atoms with E-state index in [1.165, 1.54) is 6.07 Å². The van der Waals surface area contributed by atoms with E-state index >= 15 is 0 Å². The van der Waals surface area contributed by atoms with Crippen molar-refractivity contribution >= 4 is 5.69 Å². The Bertz CT molecular complexity index is 306. The maximum absolute atomic E-state index is 12.5. The number of alkyl halides is 2. The van der Waals surface area contributed by atoms with Crippen LogP contribution in [-0.2, 0) is 0 Å². The minimum absolute atomic E-state index is 0.200. The average Bonchev–Trinajstić information content (AvgIpc) is 2.15. The predicted molar refractivity (Wildman–Crippen MR) is 44.7 cm³/mol. The fraction of sp³-hybridized carbons (Fsp3) is 0.375. The summed E-state index contributed by atoms with van der Waals surface area (Å²) < 4.78 is 37.5. The molecule has 6 heteroatoms. The van der Waals surface area contributed by atoms with Gasteiger partial charge in [-0.15, -0.1) is 0 Å². The van der Waals surface area contributed by atoms with Crippen LogP contribution in [0.4, 0.5) is 18.9 Å². The van der Waals surface area contributed by atoms with Crippen LogP contribution in [-0.4, -0.2) is 29.2 Å². The number of hydrogen-bond donors (Lipinski definition) is 2. The fourth-order valence-electron chi connectivity index (χ4n) is 0.800. The lowest BCUT2D eigenvalue weighted by Gasteiger charge is -2.14. The number of aromatic nitrogens is 1. The highest BCUT2D eigenvalue weighted by Gasteiger charge is 2.27. The molecule has 2 N–H and O–H groups in total. The van der Waals surface area contributed by atoms with Crippen LogP contribution in [0.3, 0.4) is 0 Å². The highest BCUT2D eigenvalue weighted by atomic mass is 19.3. The molecule has 14 heavy (non-hydrogen) atoms. The predicted octanol–water partition coefficient (Wildman–Crippen LogP) is 1.26.